The fraction of sp³-hybridized carbons (Fsp3) is 0.818. The van der Waals surface area contributed by atoms with Crippen LogP contribution in [-0.4, -0.2) is 55.0 Å². The number of carbonyl (C=O) groups is 2. The molecule has 1 aliphatic heterocycles. The minimum atomic E-state index is -4.49. The predicted octanol–water partition coefficient (Wildman–Crippen LogP) is 1.27. The van der Waals surface area contributed by atoms with E-state index in [0.717, 1.165) is 4.90 Å². The molecule has 0 aliphatic carbocycles. The van der Waals surface area contributed by atoms with E-state index in [1.54, 1.807) is 14.1 Å². The lowest BCUT2D eigenvalue weighted by molar-refractivity contribution is -0.163. The van der Waals surface area contributed by atoms with Crippen LogP contribution in [0.4, 0.5) is 13.2 Å². The highest BCUT2D eigenvalue weighted by Gasteiger charge is 2.36. The van der Waals surface area contributed by atoms with Crippen LogP contribution in [0.25, 0.3) is 0 Å². The zero-order chi connectivity index (χ0) is 13.9. The molecule has 0 spiro atoms. The maximum absolute atomic E-state index is 12.1. The molecule has 0 unspecified atom stereocenters. The van der Waals surface area contributed by atoms with E-state index in [0.29, 0.717) is 19.4 Å². The summed E-state index contributed by atoms with van der Waals surface area (Å²) in [5.74, 6) is -1.47. The van der Waals surface area contributed by atoms with Crippen LogP contribution in [0.1, 0.15) is 19.3 Å². The van der Waals surface area contributed by atoms with Gasteiger partial charge in [0, 0.05) is 27.2 Å². The molecule has 0 saturated carbocycles. The highest BCUT2D eigenvalue weighted by Crippen LogP contribution is 2.24. The van der Waals surface area contributed by atoms with Gasteiger partial charge in [0.05, 0.1) is 5.92 Å². The molecule has 4 nitrogen and oxygen atoms in total. The van der Waals surface area contributed by atoms with Crippen LogP contribution in [0.2, 0.25) is 0 Å². The number of halogens is 3. The van der Waals surface area contributed by atoms with Crippen molar-refractivity contribution in [3.8, 4) is 0 Å². The van der Waals surface area contributed by atoms with E-state index in [-0.39, 0.29) is 18.4 Å². The molecule has 0 radical (unpaired) electrons. The normalized spacial score (nSPS) is 20.7. The summed E-state index contributed by atoms with van der Waals surface area (Å²) in [4.78, 5) is 25.7. The molecule has 104 valence electrons. The Bertz CT molecular complexity index is 329. The van der Waals surface area contributed by atoms with Gasteiger partial charge in [0.15, 0.2) is 0 Å². The lowest BCUT2D eigenvalue weighted by Crippen LogP contribution is -2.46. The molecule has 0 aromatic rings. The second-order valence-corrected chi connectivity index (χ2v) is 4.70. The Morgan fingerprint density at radius 3 is 2.44 bits per heavy atom. The number of likely N-dealkylation sites (tertiary alicyclic amines) is 1. The Balaban J connectivity index is 2.59. The third-order valence-electron chi connectivity index (χ3n) is 2.92. The number of hydrogen-bond donors (Lipinski definition) is 0. The Kier molecular flexibility index (Phi) is 4.59. The molecule has 1 aliphatic rings. The maximum atomic E-state index is 12.1. The first kappa shape index (κ1) is 14.8. The maximum Gasteiger partial charge on any atom is 0.397 e. The molecule has 2 amide bonds. The van der Waals surface area contributed by atoms with Gasteiger partial charge < -0.3 is 9.80 Å². The van der Waals surface area contributed by atoms with Gasteiger partial charge in [-0.25, -0.2) is 0 Å². The molecule has 1 heterocycles. The zero-order valence-electron chi connectivity index (χ0n) is 10.5. The molecular formula is C11H17F3N2O2. The number of hydrogen-bond acceptors (Lipinski definition) is 2. The SMILES string of the molecule is CN(C)C(=O)[C@H]1CCCN(C(=O)CC(F)(F)F)C1. The van der Waals surface area contributed by atoms with E-state index in [1.807, 2.05) is 0 Å². The van der Waals surface area contributed by atoms with Gasteiger partial charge in [-0.2, -0.15) is 13.2 Å². The molecule has 0 bridgehead atoms. The lowest BCUT2D eigenvalue weighted by Gasteiger charge is -2.33. The molecule has 0 aromatic carbocycles. The van der Waals surface area contributed by atoms with E-state index in [2.05, 4.69) is 0 Å². The van der Waals surface area contributed by atoms with Gasteiger partial charge in [-0.3, -0.25) is 9.59 Å². The molecular weight excluding hydrogens is 249 g/mol. The van der Waals surface area contributed by atoms with Crippen molar-refractivity contribution >= 4 is 11.8 Å². The summed E-state index contributed by atoms with van der Waals surface area (Å²) < 4.78 is 36.4. The second-order valence-electron chi connectivity index (χ2n) is 4.70. The third kappa shape index (κ3) is 4.19. The van der Waals surface area contributed by atoms with E-state index in [9.17, 15) is 22.8 Å². The van der Waals surface area contributed by atoms with E-state index in [4.69, 9.17) is 0 Å². The van der Waals surface area contributed by atoms with Crippen LogP contribution in [0.5, 0.6) is 0 Å². The Hall–Kier alpha value is -1.27. The van der Waals surface area contributed by atoms with Crippen LogP contribution < -0.4 is 0 Å². The fourth-order valence-electron chi connectivity index (χ4n) is 2.05. The molecule has 1 rings (SSSR count). The van der Waals surface area contributed by atoms with Crippen molar-refractivity contribution in [2.24, 2.45) is 5.92 Å². The number of rotatable bonds is 2. The summed E-state index contributed by atoms with van der Waals surface area (Å²) in [6, 6.07) is 0. The standard InChI is InChI=1S/C11H17F3N2O2/c1-15(2)10(18)8-4-3-5-16(7-8)9(17)6-11(12,13)14/h8H,3-7H2,1-2H3/t8-/m0/s1. The van der Waals surface area contributed by atoms with Gasteiger partial charge in [0.2, 0.25) is 11.8 Å². The van der Waals surface area contributed by atoms with Crippen LogP contribution in [-0.2, 0) is 9.59 Å². The van der Waals surface area contributed by atoms with Crippen LogP contribution in [0.15, 0.2) is 0 Å². The minimum Gasteiger partial charge on any atom is -0.349 e. The van der Waals surface area contributed by atoms with Crippen molar-refractivity contribution in [3.63, 3.8) is 0 Å². The summed E-state index contributed by atoms with van der Waals surface area (Å²) in [6.45, 7) is 0.387. The highest BCUT2D eigenvalue weighted by atomic mass is 19.4. The van der Waals surface area contributed by atoms with Gasteiger partial charge in [-0.05, 0) is 12.8 Å². The number of carbonyl (C=O) groups excluding carboxylic acids is 2. The largest absolute Gasteiger partial charge is 0.397 e. The number of piperidine rings is 1. The summed E-state index contributed by atoms with van der Waals surface area (Å²) in [6.07, 6.45) is -4.76. The minimum absolute atomic E-state index is 0.0892. The first-order valence-electron chi connectivity index (χ1n) is 5.76. The van der Waals surface area contributed by atoms with Crippen molar-refractivity contribution in [2.45, 2.75) is 25.4 Å². The Morgan fingerprint density at radius 1 is 1.33 bits per heavy atom. The molecule has 1 atom stereocenters. The average Bonchev–Trinajstić information content (AvgIpc) is 2.25. The van der Waals surface area contributed by atoms with Gasteiger partial charge >= 0.3 is 6.18 Å². The molecule has 18 heavy (non-hydrogen) atoms. The smallest absolute Gasteiger partial charge is 0.349 e. The molecule has 7 heteroatoms. The monoisotopic (exact) mass is 266 g/mol. The van der Waals surface area contributed by atoms with E-state index in [1.165, 1.54) is 4.90 Å². The fourth-order valence-corrected chi connectivity index (χ4v) is 2.05. The zero-order valence-corrected chi connectivity index (χ0v) is 10.5. The number of nitrogens with zero attached hydrogens (tertiary/aromatic N) is 2. The molecule has 1 saturated heterocycles. The highest BCUT2D eigenvalue weighted by molar-refractivity contribution is 5.81. The quantitative estimate of drug-likeness (QED) is 0.755. The third-order valence-corrected chi connectivity index (χ3v) is 2.92. The van der Waals surface area contributed by atoms with Crippen molar-refractivity contribution in [1.29, 1.82) is 0 Å². The lowest BCUT2D eigenvalue weighted by atomic mass is 9.96. The van der Waals surface area contributed by atoms with Crippen molar-refractivity contribution in [2.75, 3.05) is 27.2 Å². The summed E-state index contributed by atoms with van der Waals surface area (Å²) in [5.41, 5.74) is 0. The summed E-state index contributed by atoms with van der Waals surface area (Å²) in [5, 5.41) is 0. The van der Waals surface area contributed by atoms with Gasteiger partial charge in [-0.15, -0.1) is 0 Å². The summed E-state index contributed by atoms with van der Waals surface area (Å²) >= 11 is 0. The Morgan fingerprint density at radius 2 is 1.94 bits per heavy atom. The molecule has 0 N–H and O–H groups in total. The predicted molar refractivity (Wildman–Crippen MR) is 58.7 cm³/mol. The number of amides is 2. The van der Waals surface area contributed by atoms with E-state index < -0.39 is 18.5 Å². The topological polar surface area (TPSA) is 40.6 Å². The first-order valence-corrected chi connectivity index (χ1v) is 5.76. The van der Waals surface area contributed by atoms with Crippen molar-refractivity contribution < 1.29 is 22.8 Å². The summed E-state index contributed by atoms with van der Waals surface area (Å²) in [7, 11) is 3.19. The van der Waals surface area contributed by atoms with Gasteiger partial charge in [-0.1, -0.05) is 0 Å². The van der Waals surface area contributed by atoms with Crippen molar-refractivity contribution in [3.05, 3.63) is 0 Å². The first-order chi connectivity index (χ1) is 8.20. The average molecular weight is 266 g/mol. The van der Waals surface area contributed by atoms with Crippen LogP contribution in [0.3, 0.4) is 0 Å². The second kappa shape index (κ2) is 5.58. The van der Waals surface area contributed by atoms with Gasteiger partial charge in [0.1, 0.15) is 6.42 Å². The van der Waals surface area contributed by atoms with Crippen molar-refractivity contribution in [1.82, 2.24) is 9.80 Å². The molecule has 1 fully saturated rings. The van der Waals surface area contributed by atoms with Crippen LogP contribution in [0, 0.1) is 5.92 Å². The number of alkyl halides is 3. The van der Waals surface area contributed by atoms with Gasteiger partial charge in [0.25, 0.3) is 0 Å². The molecule has 0 aromatic heterocycles. The Labute approximate surface area is 104 Å². The van der Waals surface area contributed by atoms with E-state index >= 15 is 0 Å². The van der Waals surface area contributed by atoms with Crippen LogP contribution >= 0.6 is 0 Å².